The van der Waals surface area contributed by atoms with Crippen LogP contribution < -0.4 is 11.1 Å². The van der Waals surface area contributed by atoms with E-state index in [2.05, 4.69) is 44.8 Å². The fourth-order valence-electron chi connectivity index (χ4n) is 4.00. The van der Waals surface area contributed by atoms with E-state index in [0.717, 1.165) is 59.9 Å². The van der Waals surface area contributed by atoms with E-state index in [1.54, 1.807) is 24.2 Å². The van der Waals surface area contributed by atoms with Crippen LogP contribution in [0, 0.1) is 6.92 Å². The predicted molar refractivity (Wildman–Crippen MR) is 142 cm³/mol. The molecule has 0 atom stereocenters. The summed E-state index contributed by atoms with van der Waals surface area (Å²) >= 11 is 1.64. The van der Waals surface area contributed by atoms with Crippen LogP contribution in [0.25, 0.3) is 33.1 Å². The molecule has 3 aromatic carbocycles. The molecule has 7 heteroatoms. The molecule has 0 aliphatic rings. The molecule has 0 amide bonds. The summed E-state index contributed by atoms with van der Waals surface area (Å²) in [5, 5.41) is 14.5. The van der Waals surface area contributed by atoms with Crippen molar-refractivity contribution < 1.29 is 4.42 Å². The van der Waals surface area contributed by atoms with E-state index in [4.69, 9.17) is 10.2 Å². The van der Waals surface area contributed by atoms with Crippen molar-refractivity contribution in [1.29, 1.82) is 0 Å². The maximum atomic E-state index is 6.15. The Morgan fingerprint density at radius 2 is 1.71 bits per heavy atom. The summed E-state index contributed by atoms with van der Waals surface area (Å²) in [6.45, 7) is 1.99. The lowest BCUT2D eigenvalue weighted by Gasteiger charge is -2.12. The summed E-state index contributed by atoms with van der Waals surface area (Å²) < 4.78 is 5.60. The second kappa shape index (κ2) is 8.77. The first-order chi connectivity index (χ1) is 17.2. The topological polar surface area (TPSA) is 89.9 Å². The van der Waals surface area contributed by atoms with E-state index in [-0.39, 0.29) is 0 Å². The molecule has 6 nitrogen and oxygen atoms in total. The Hall–Kier alpha value is -4.36. The molecule has 3 aromatic heterocycles. The average Bonchev–Trinajstić information content (AvgIpc) is 3.37. The van der Waals surface area contributed by atoms with Crippen molar-refractivity contribution >= 4 is 50.8 Å². The molecule has 0 bridgehead atoms. The van der Waals surface area contributed by atoms with Crippen LogP contribution in [0.3, 0.4) is 0 Å². The highest BCUT2D eigenvalue weighted by Gasteiger charge is 2.12. The van der Waals surface area contributed by atoms with Crippen LogP contribution in [-0.2, 0) is 0 Å². The molecule has 3 N–H and O–H groups in total. The number of aryl methyl sites for hydroxylation is 1. The van der Waals surface area contributed by atoms with Crippen LogP contribution in [0.4, 0.5) is 17.2 Å². The first kappa shape index (κ1) is 21.2. The lowest BCUT2D eigenvalue weighted by molar-refractivity contribution is 0.608. The molecule has 0 spiro atoms. The third-order valence-electron chi connectivity index (χ3n) is 5.89. The van der Waals surface area contributed by atoms with Crippen LogP contribution >= 0.6 is 11.8 Å². The Morgan fingerprint density at radius 3 is 2.54 bits per heavy atom. The van der Waals surface area contributed by atoms with Crippen LogP contribution in [0.2, 0.25) is 0 Å². The number of nitrogens with two attached hydrogens (primary N) is 1. The second-order valence-corrected chi connectivity index (χ2v) is 9.33. The normalized spacial score (nSPS) is 11.2. The van der Waals surface area contributed by atoms with Crippen molar-refractivity contribution in [1.82, 2.24) is 15.2 Å². The summed E-state index contributed by atoms with van der Waals surface area (Å²) in [4.78, 5) is 6.46. The highest BCUT2D eigenvalue weighted by Crippen LogP contribution is 2.35. The van der Waals surface area contributed by atoms with Crippen molar-refractivity contribution in [3.63, 3.8) is 0 Å². The zero-order valence-electron chi connectivity index (χ0n) is 18.9. The largest absolute Gasteiger partial charge is 0.461 e. The monoisotopic (exact) mass is 475 g/mol. The zero-order chi connectivity index (χ0) is 23.8. The van der Waals surface area contributed by atoms with Crippen molar-refractivity contribution in [2.45, 2.75) is 16.7 Å². The van der Waals surface area contributed by atoms with Gasteiger partial charge in [-0.05, 0) is 48.9 Å². The number of anilines is 3. The van der Waals surface area contributed by atoms with Gasteiger partial charge in [0, 0.05) is 44.9 Å². The lowest BCUT2D eigenvalue weighted by Crippen LogP contribution is -1.99. The molecule has 0 saturated carbocycles. The number of nitrogens with one attached hydrogen (secondary N) is 1. The minimum atomic E-state index is 0.705. The van der Waals surface area contributed by atoms with E-state index in [1.165, 1.54) is 0 Å². The van der Waals surface area contributed by atoms with Gasteiger partial charge in [-0.1, -0.05) is 48.2 Å². The SMILES string of the molecule is Cc1ccc(-c2nnc(Nc3ccc(Sc4ccnc5ccoc45)cc3)c3ccccc23)cc1N. The molecule has 35 heavy (non-hydrogen) atoms. The van der Waals surface area contributed by atoms with Gasteiger partial charge in [0.15, 0.2) is 11.4 Å². The first-order valence-electron chi connectivity index (χ1n) is 11.1. The lowest BCUT2D eigenvalue weighted by atomic mass is 10.0. The molecule has 0 unspecified atom stereocenters. The Labute approximate surface area is 206 Å². The van der Waals surface area contributed by atoms with E-state index >= 15 is 0 Å². The van der Waals surface area contributed by atoms with E-state index in [0.29, 0.717) is 5.82 Å². The van der Waals surface area contributed by atoms with Gasteiger partial charge in [0.05, 0.1) is 11.2 Å². The highest BCUT2D eigenvalue weighted by molar-refractivity contribution is 7.99. The molecule has 170 valence electrons. The summed E-state index contributed by atoms with van der Waals surface area (Å²) in [6, 6.07) is 26.2. The molecule has 6 aromatic rings. The summed E-state index contributed by atoms with van der Waals surface area (Å²) in [5.41, 5.74) is 12.3. The molecular formula is C28H21N5OS. The van der Waals surface area contributed by atoms with Gasteiger partial charge in [-0.2, -0.15) is 0 Å². The molecule has 3 heterocycles. The smallest absolute Gasteiger partial charge is 0.166 e. The number of aromatic nitrogens is 3. The molecule has 0 aliphatic heterocycles. The van der Waals surface area contributed by atoms with E-state index < -0.39 is 0 Å². The molecule has 0 radical (unpaired) electrons. The van der Waals surface area contributed by atoms with Crippen LogP contribution in [0.15, 0.2) is 106 Å². The minimum Gasteiger partial charge on any atom is -0.461 e. The van der Waals surface area contributed by atoms with Crippen molar-refractivity contribution in [2.24, 2.45) is 0 Å². The average molecular weight is 476 g/mol. The summed E-state index contributed by atoms with van der Waals surface area (Å²) in [7, 11) is 0. The Bertz CT molecular complexity index is 1680. The third-order valence-corrected chi connectivity index (χ3v) is 6.94. The van der Waals surface area contributed by atoms with Gasteiger partial charge < -0.3 is 15.5 Å². The van der Waals surface area contributed by atoms with Crippen molar-refractivity contribution in [3.8, 4) is 11.3 Å². The second-order valence-electron chi connectivity index (χ2n) is 8.21. The zero-order valence-corrected chi connectivity index (χ0v) is 19.7. The maximum Gasteiger partial charge on any atom is 0.166 e. The first-order valence-corrected chi connectivity index (χ1v) is 12.0. The molecule has 0 saturated heterocycles. The minimum absolute atomic E-state index is 0.705. The molecule has 0 aliphatic carbocycles. The van der Waals surface area contributed by atoms with Crippen LogP contribution in [0.5, 0.6) is 0 Å². The van der Waals surface area contributed by atoms with Crippen LogP contribution in [-0.4, -0.2) is 15.2 Å². The molecular weight excluding hydrogens is 454 g/mol. The number of fused-ring (bicyclic) bond motifs is 2. The van der Waals surface area contributed by atoms with Crippen molar-refractivity contribution in [2.75, 3.05) is 11.1 Å². The number of hydrogen-bond donors (Lipinski definition) is 2. The maximum absolute atomic E-state index is 6.15. The number of pyridine rings is 1. The number of nitrogen functional groups attached to an aromatic ring is 1. The van der Waals surface area contributed by atoms with E-state index in [9.17, 15) is 0 Å². The van der Waals surface area contributed by atoms with Gasteiger partial charge in [0.2, 0.25) is 0 Å². The van der Waals surface area contributed by atoms with Crippen molar-refractivity contribution in [3.05, 3.63) is 96.9 Å². The van der Waals surface area contributed by atoms with Gasteiger partial charge in [0.25, 0.3) is 0 Å². The molecule has 0 fully saturated rings. The van der Waals surface area contributed by atoms with Gasteiger partial charge in [0.1, 0.15) is 11.2 Å². The van der Waals surface area contributed by atoms with Gasteiger partial charge in [-0.3, -0.25) is 4.98 Å². The number of rotatable bonds is 5. The highest BCUT2D eigenvalue weighted by atomic mass is 32.2. The van der Waals surface area contributed by atoms with Gasteiger partial charge in [-0.25, -0.2) is 0 Å². The number of hydrogen-bond acceptors (Lipinski definition) is 7. The summed E-state index contributed by atoms with van der Waals surface area (Å²) in [6.07, 6.45) is 3.47. The number of nitrogens with zero attached hydrogens (tertiary/aromatic N) is 3. The Balaban J connectivity index is 1.29. The molecule has 6 rings (SSSR count). The number of benzene rings is 3. The third kappa shape index (κ3) is 4.06. The van der Waals surface area contributed by atoms with Gasteiger partial charge in [-0.15, -0.1) is 10.2 Å². The standard InChI is InChI=1S/C28H21N5OS/c1-17-6-7-18(16-23(17)29)26-21-4-2-3-5-22(21)28(33-32-26)31-19-8-10-20(11-9-19)35-25-12-14-30-24-13-15-34-27(24)25/h2-16H,29H2,1H3,(H,31,33). The number of furan rings is 1. The van der Waals surface area contributed by atoms with Gasteiger partial charge >= 0.3 is 0 Å². The quantitative estimate of drug-likeness (QED) is 0.254. The fourth-order valence-corrected chi connectivity index (χ4v) is 4.90. The fraction of sp³-hybridized carbons (Fsp3) is 0.0357. The predicted octanol–water partition coefficient (Wildman–Crippen LogP) is 7.22. The Kier molecular flexibility index (Phi) is 5.31. The van der Waals surface area contributed by atoms with E-state index in [1.807, 2.05) is 61.5 Å². The van der Waals surface area contributed by atoms with Crippen LogP contribution in [0.1, 0.15) is 5.56 Å². The summed E-state index contributed by atoms with van der Waals surface area (Å²) in [5.74, 6) is 0.705. The Morgan fingerprint density at radius 1 is 0.886 bits per heavy atom.